The summed E-state index contributed by atoms with van der Waals surface area (Å²) in [5.41, 5.74) is 8.43. The second-order valence-electron chi connectivity index (χ2n) is 6.49. The first kappa shape index (κ1) is 17.1. The molecule has 3 aromatic rings. The van der Waals surface area contributed by atoms with E-state index in [1.165, 1.54) is 11.3 Å². The van der Waals surface area contributed by atoms with E-state index in [9.17, 15) is 9.59 Å². The summed E-state index contributed by atoms with van der Waals surface area (Å²) in [6, 6.07) is 7.33. The number of nitrogens with one attached hydrogen (secondary N) is 1. The number of thiophene rings is 1. The standard InChI is InChI=1S/C19H18ClN3O2S/c1-23-13-7-4-6-12(20)11(13)9-14(23)18(25)22-19-16(17(21)24)10-5-2-3-8-15(10)26-19/h4,6-7,9H,2-3,5,8H2,1H3,(H2,21,24)(H,22,25). The summed E-state index contributed by atoms with van der Waals surface area (Å²) >= 11 is 7.70. The first-order valence-corrected chi connectivity index (χ1v) is 9.66. The van der Waals surface area contributed by atoms with E-state index in [0.29, 0.717) is 21.3 Å². The third-order valence-corrected chi connectivity index (χ3v) is 6.45. The molecule has 0 radical (unpaired) electrons. The summed E-state index contributed by atoms with van der Waals surface area (Å²) in [5, 5.41) is 4.87. The van der Waals surface area contributed by atoms with Crippen molar-refractivity contribution in [2.45, 2.75) is 25.7 Å². The van der Waals surface area contributed by atoms with Crippen LogP contribution in [0.15, 0.2) is 24.3 Å². The maximum atomic E-state index is 12.9. The molecule has 0 bridgehead atoms. The SMILES string of the molecule is Cn1c(C(=O)Nc2sc3c(c2C(N)=O)CCCC3)cc2c(Cl)cccc21. The normalized spacial score (nSPS) is 13.6. The van der Waals surface area contributed by atoms with E-state index in [4.69, 9.17) is 17.3 Å². The molecule has 0 aliphatic heterocycles. The van der Waals surface area contributed by atoms with Gasteiger partial charge in [-0.05, 0) is 49.4 Å². The van der Waals surface area contributed by atoms with Gasteiger partial charge in [-0.15, -0.1) is 11.3 Å². The van der Waals surface area contributed by atoms with Crippen LogP contribution in [0, 0.1) is 0 Å². The molecule has 1 aliphatic carbocycles. The number of hydrogen-bond acceptors (Lipinski definition) is 3. The Bertz CT molecular complexity index is 1050. The highest BCUT2D eigenvalue weighted by Gasteiger charge is 2.26. The van der Waals surface area contributed by atoms with Crippen molar-refractivity contribution in [2.24, 2.45) is 12.8 Å². The fourth-order valence-corrected chi connectivity index (χ4v) is 5.14. The minimum Gasteiger partial charge on any atom is -0.365 e. The zero-order chi connectivity index (χ0) is 18.4. The molecule has 1 aromatic carbocycles. The molecule has 7 heteroatoms. The largest absolute Gasteiger partial charge is 0.365 e. The lowest BCUT2D eigenvalue weighted by molar-refractivity contribution is 0.100. The number of carbonyl (C=O) groups excluding carboxylic acids is 2. The van der Waals surface area contributed by atoms with Crippen LogP contribution >= 0.6 is 22.9 Å². The number of primary amides is 1. The van der Waals surface area contributed by atoms with Crippen LogP contribution in [0.5, 0.6) is 0 Å². The third kappa shape index (κ3) is 2.70. The summed E-state index contributed by atoms with van der Waals surface area (Å²) < 4.78 is 1.80. The fourth-order valence-electron chi connectivity index (χ4n) is 3.62. The Kier molecular flexibility index (Phi) is 4.25. The van der Waals surface area contributed by atoms with Gasteiger partial charge < -0.3 is 15.6 Å². The smallest absolute Gasteiger partial charge is 0.272 e. The van der Waals surface area contributed by atoms with Gasteiger partial charge in [-0.2, -0.15) is 0 Å². The van der Waals surface area contributed by atoms with Crippen LogP contribution in [0.2, 0.25) is 5.02 Å². The molecule has 0 spiro atoms. The molecule has 0 atom stereocenters. The van der Waals surface area contributed by atoms with Crippen LogP contribution in [-0.2, 0) is 19.9 Å². The highest BCUT2D eigenvalue weighted by molar-refractivity contribution is 7.17. The molecule has 4 rings (SSSR count). The van der Waals surface area contributed by atoms with E-state index in [0.717, 1.165) is 47.0 Å². The number of fused-ring (bicyclic) bond motifs is 2. The molecule has 26 heavy (non-hydrogen) atoms. The Morgan fingerprint density at radius 3 is 2.77 bits per heavy atom. The summed E-state index contributed by atoms with van der Waals surface area (Å²) in [7, 11) is 1.82. The maximum Gasteiger partial charge on any atom is 0.272 e. The predicted molar refractivity (Wildman–Crippen MR) is 105 cm³/mol. The van der Waals surface area contributed by atoms with Crippen LogP contribution in [-0.4, -0.2) is 16.4 Å². The second kappa shape index (κ2) is 6.45. The first-order chi connectivity index (χ1) is 12.5. The van der Waals surface area contributed by atoms with E-state index in [1.54, 1.807) is 16.7 Å². The number of halogens is 1. The molecule has 0 fully saturated rings. The second-order valence-corrected chi connectivity index (χ2v) is 8.01. The number of carbonyl (C=O) groups is 2. The number of aromatic nitrogens is 1. The Labute approximate surface area is 159 Å². The van der Waals surface area contributed by atoms with Gasteiger partial charge in [0.05, 0.1) is 5.56 Å². The van der Waals surface area contributed by atoms with Gasteiger partial charge in [-0.25, -0.2) is 0 Å². The predicted octanol–water partition coefficient (Wildman–Crippen LogP) is 4.12. The van der Waals surface area contributed by atoms with Gasteiger partial charge in [-0.3, -0.25) is 9.59 Å². The van der Waals surface area contributed by atoms with E-state index < -0.39 is 5.91 Å². The highest BCUT2D eigenvalue weighted by atomic mass is 35.5. The lowest BCUT2D eigenvalue weighted by atomic mass is 9.95. The van der Waals surface area contributed by atoms with Crippen LogP contribution < -0.4 is 11.1 Å². The Morgan fingerprint density at radius 2 is 2.04 bits per heavy atom. The van der Waals surface area contributed by atoms with E-state index in [2.05, 4.69) is 5.32 Å². The van der Waals surface area contributed by atoms with Crippen molar-refractivity contribution < 1.29 is 9.59 Å². The van der Waals surface area contributed by atoms with Crippen molar-refractivity contribution in [3.05, 3.63) is 51.0 Å². The van der Waals surface area contributed by atoms with E-state index in [1.807, 2.05) is 19.2 Å². The van der Waals surface area contributed by atoms with Crippen LogP contribution in [0.1, 0.15) is 44.1 Å². The number of benzene rings is 1. The van der Waals surface area contributed by atoms with Gasteiger partial charge in [0.25, 0.3) is 11.8 Å². The van der Waals surface area contributed by atoms with Crippen molar-refractivity contribution in [2.75, 3.05) is 5.32 Å². The summed E-state index contributed by atoms with van der Waals surface area (Å²) in [6.07, 6.45) is 3.91. The first-order valence-electron chi connectivity index (χ1n) is 8.47. The zero-order valence-corrected chi connectivity index (χ0v) is 15.8. The topological polar surface area (TPSA) is 77.1 Å². The quantitative estimate of drug-likeness (QED) is 0.709. The average molecular weight is 388 g/mol. The monoisotopic (exact) mass is 387 g/mol. The van der Waals surface area contributed by atoms with Gasteiger partial charge in [0.15, 0.2) is 0 Å². The van der Waals surface area contributed by atoms with E-state index >= 15 is 0 Å². The van der Waals surface area contributed by atoms with Crippen LogP contribution in [0.3, 0.4) is 0 Å². The number of rotatable bonds is 3. The van der Waals surface area contributed by atoms with Crippen molar-refractivity contribution in [1.29, 1.82) is 0 Å². The molecular weight excluding hydrogens is 370 g/mol. The molecular formula is C19H18ClN3O2S. The van der Waals surface area contributed by atoms with Gasteiger partial charge in [-0.1, -0.05) is 17.7 Å². The molecule has 0 unspecified atom stereocenters. The number of anilines is 1. The molecule has 5 nitrogen and oxygen atoms in total. The lowest BCUT2D eigenvalue weighted by Crippen LogP contribution is -2.19. The summed E-state index contributed by atoms with van der Waals surface area (Å²) in [6.45, 7) is 0. The van der Waals surface area contributed by atoms with Gasteiger partial charge in [0, 0.05) is 27.9 Å². The van der Waals surface area contributed by atoms with Crippen molar-refractivity contribution in [3.63, 3.8) is 0 Å². The lowest BCUT2D eigenvalue weighted by Gasteiger charge is -2.11. The summed E-state index contributed by atoms with van der Waals surface area (Å²) in [5.74, 6) is -0.763. The van der Waals surface area contributed by atoms with Crippen LogP contribution in [0.25, 0.3) is 10.9 Å². The van der Waals surface area contributed by atoms with Gasteiger partial charge >= 0.3 is 0 Å². The van der Waals surface area contributed by atoms with Crippen LogP contribution in [0.4, 0.5) is 5.00 Å². The fraction of sp³-hybridized carbons (Fsp3) is 0.263. The zero-order valence-electron chi connectivity index (χ0n) is 14.3. The van der Waals surface area contributed by atoms with Gasteiger partial charge in [0.2, 0.25) is 0 Å². The third-order valence-electron chi connectivity index (χ3n) is 4.91. The van der Waals surface area contributed by atoms with E-state index in [-0.39, 0.29) is 5.91 Å². The molecule has 0 saturated carbocycles. The van der Waals surface area contributed by atoms with Gasteiger partial charge in [0.1, 0.15) is 10.7 Å². The number of nitrogens with zero attached hydrogens (tertiary/aromatic N) is 1. The minimum absolute atomic E-state index is 0.277. The Hall–Kier alpha value is -2.31. The maximum absolute atomic E-state index is 12.9. The minimum atomic E-state index is -0.486. The molecule has 2 aromatic heterocycles. The number of aryl methyl sites for hydroxylation is 2. The number of nitrogens with two attached hydrogens (primary N) is 1. The number of amides is 2. The molecule has 2 amide bonds. The molecule has 1 aliphatic rings. The average Bonchev–Trinajstić information content (AvgIpc) is 3.14. The Balaban J connectivity index is 1.73. The highest BCUT2D eigenvalue weighted by Crippen LogP contribution is 2.38. The molecule has 3 N–H and O–H groups in total. The van der Waals surface area contributed by atoms with Crippen molar-refractivity contribution in [3.8, 4) is 0 Å². The molecule has 134 valence electrons. The van der Waals surface area contributed by atoms with Crippen molar-refractivity contribution in [1.82, 2.24) is 4.57 Å². The molecule has 0 saturated heterocycles. The summed E-state index contributed by atoms with van der Waals surface area (Å²) in [4.78, 5) is 26.0. The van der Waals surface area contributed by atoms with Crippen molar-refractivity contribution >= 4 is 50.7 Å². The molecule has 2 heterocycles. The Morgan fingerprint density at radius 1 is 1.27 bits per heavy atom. The number of hydrogen-bond donors (Lipinski definition) is 2.